The lowest BCUT2D eigenvalue weighted by Gasteiger charge is -2.15. The Hall–Kier alpha value is -2.14. The number of amides is 1. The van der Waals surface area contributed by atoms with Crippen molar-refractivity contribution in [3.05, 3.63) is 59.3 Å². The number of nitrogens with two attached hydrogens (primary N) is 1. The van der Waals surface area contributed by atoms with Crippen LogP contribution in [0.5, 0.6) is 0 Å². The first-order valence-corrected chi connectivity index (χ1v) is 7.41. The molecule has 5 heteroatoms. The zero-order valence-corrected chi connectivity index (χ0v) is 12.4. The Labute approximate surface area is 128 Å². The monoisotopic (exact) mass is 302 g/mol. The molecule has 0 unspecified atom stereocenters. The van der Waals surface area contributed by atoms with Crippen molar-refractivity contribution in [2.24, 2.45) is 11.7 Å². The summed E-state index contributed by atoms with van der Waals surface area (Å²) in [5, 5.41) is 3.06. The highest BCUT2D eigenvalue weighted by Gasteiger charge is 2.36. The van der Waals surface area contributed by atoms with Crippen molar-refractivity contribution in [2.45, 2.75) is 31.8 Å². The lowest BCUT2D eigenvalue weighted by molar-refractivity contribution is -0.120. The number of hydrogen-bond donors (Lipinski definition) is 2. The molecule has 1 fully saturated rings. The molecule has 22 heavy (non-hydrogen) atoms. The first-order chi connectivity index (χ1) is 10.5. The molecule has 116 valence electrons. The summed E-state index contributed by atoms with van der Waals surface area (Å²) in [4.78, 5) is 11.6. The SMILES string of the molecule is C[C@@H]1C[C@H]1c1ccc(CN[C@H](C(N)=O)c2ccc(F)cc2)o1. The van der Waals surface area contributed by atoms with Crippen molar-refractivity contribution in [3.63, 3.8) is 0 Å². The predicted molar refractivity (Wildman–Crippen MR) is 80.4 cm³/mol. The van der Waals surface area contributed by atoms with Crippen molar-refractivity contribution < 1.29 is 13.6 Å². The Balaban J connectivity index is 1.65. The topological polar surface area (TPSA) is 68.3 Å². The average Bonchev–Trinajstić information content (AvgIpc) is 3.03. The van der Waals surface area contributed by atoms with Gasteiger partial charge in [0.15, 0.2) is 0 Å². The van der Waals surface area contributed by atoms with Gasteiger partial charge >= 0.3 is 0 Å². The van der Waals surface area contributed by atoms with Crippen molar-refractivity contribution in [1.29, 1.82) is 0 Å². The zero-order valence-electron chi connectivity index (χ0n) is 12.4. The molecule has 1 saturated carbocycles. The van der Waals surface area contributed by atoms with Gasteiger partial charge in [-0.25, -0.2) is 4.39 Å². The highest BCUT2D eigenvalue weighted by Crippen LogP contribution is 2.47. The minimum atomic E-state index is -0.672. The maximum absolute atomic E-state index is 13.0. The fraction of sp³-hybridized carbons (Fsp3) is 0.353. The van der Waals surface area contributed by atoms with Crippen LogP contribution in [-0.2, 0) is 11.3 Å². The van der Waals surface area contributed by atoms with Crippen LogP contribution in [0.2, 0.25) is 0 Å². The van der Waals surface area contributed by atoms with Crippen molar-refractivity contribution in [1.82, 2.24) is 5.32 Å². The molecule has 3 atom stereocenters. The summed E-state index contributed by atoms with van der Waals surface area (Å²) in [7, 11) is 0. The first-order valence-electron chi connectivity index (χ1n) is 7.41. The normalized spacial score (nSPS) is 21.5. The van der Waals surface area contributed by atoms with Crippen molar-refractivity contribution in [2.75, 3.05) is 0 Å². The largest absolute Gasteiger partial charge is 0.464 e. The minimum Gasteiger partial charge on any atom is -0.464 e. The molecule has 2 aromatic rings. The third-order valence-corrected chi connectivity index (χ3v) is 4.13. The van der Waals surface area contributed by atoms with Gasteiger partial charge in [0.25, 0.3) is 0 Å². The van der Waals surface area contributed by atoms with Gasteiger partial charge in [-0.05, 0) is 42.2 Å². The Kier molecular flexibility index (Phi) is 3.98. The molecule has 3 N–H and O–H groups in total. The maximum atomic E-state index is 13.0. The van der Waals surface area contributed by atoms with Crippen LogP contribution in [0.4, 0.5) is 4.39 Å². The van der Waals surface area contributed by atoms with Gasteiger partial charge in [0.2, 0.25) is 5.91 Å². The van der Waals surface area contributed by atoms with Crippen LogP contribution in [0.25, 0.3) is 0 Å². The Morgan fingerprint density at radius 2 is 2.05 bits per heavy atom. The molecule has 0 bridgehead atoms. The molecule has 4 nitrogen and oxygen atoms in total. The summed E-state index contributed by atoms with van der Waals surface area (Å²) >= 11 is 0. The summed E-state index contributed by atoms with van der Waals surface area (Å²) in [5.41, 5.74) is 6.06. The van der Waals surface area contributed by atoms with E-state index in [1.165, 1.54) is 18.6 Å². The van der Waals surface area contributed by atoms with Gasteiger partial charge in [-0.1, -0.05) is 19.1 Å². The fourth-order valence-electron chi connectivity index (χ4n) is 2.65. The quantitative estimate of drug-likeness (QED) is 0.862. The van der Waals surface area contributed by atoms with Gasteiger partial charge in [0.05, 0.1) is 6.54 Å². The molecular weight excluding hydrogens is 283 g/mol. The first kappa shape index (κ1) is 14.8. The van der Waals surface area contributed by atoms with Crippen LogP contribution >= 0.6 is 0 Å². The second-order valence-corrected chi connectivity index (χ2v) is 5.89. The van der Waals surface area contributed by atoms with Crippen LogP contribution in [0.1, 0.15) is 42.4 Å². The van der Waals surface area contributed by atoms with E-state index in [9.17, 15) is 9.18 Å². The molecule has 1 aliphatic carbocycles. The van der Waals surface area contributed by atoms with E-state index in [0.717, 1.165) is 11.5 Å². The molecule has 3 rings (SSSR count). The molecule has 0 saturated heterocycles. The third-order valence-electron chi connectivity index (χ3n) is 4.13. The highest BCUT2D eigenvalue weighted by atomic mass is 19.1. The number of nitrogens with one attached hydrogen (secondary N) is 1. The molecule has 1 heterocycles. The van der Waals surface area contributed by atoms with E-state index in [2.05, 4.69) is 12.2 Å². The number of carbonyl (C=O) groups excluding carboxylic acids is 1. The average molecular weight is 302 g/mol. The number of benzene rings is 1. The standard InChI is InChI=1S/C17H19FN2O2/c1-10-8-14(10)15-7-6-13(22-15)9-20-16(17(19)21)11-2-4-12(18)5-3-11/h2-7,10,14,16,20H,8-9H2,1H3,(H2,19,21)/t10-,14-,16+/m1/s1. The summed E-state index contributed by atoms with van der Waals surface area (Å²) < 4.78 is 18.8. The van der Waals surface area contributed by atoms with Crippen molar-refractivity contribution in [3.8, 4) is 0 Å². The van der Waals surface area contributed by atoms with E-state index in [0.29, 0.717) is 23.9 Å². The number of furan rings is 1. The lowest BCUT2D eigenvalue weighted by atomic mass is 10.1. The number of primary amides is 1. The smallest absolute Gasteiger partial charge is 0.239 e. The molecular formula is C17H19FN2O2. The lowest BCUT2D eigenvalue weighted by Crippen LogP contribution is -2.33. The van der Waals surface area contributed by atoms with E-state index >= 15 is 0 Å². The van der Waals surface area contributed by atoms with Gasteiger partial charge in [-0.15, -0.1) is 0 Å². The van der Waals surface area contributed by atoms with Crippen LogP contribution in [0.3, 0.4) is 0 Å². The molecule has 1 amide bonds. The summed E-state index contributed by atoms with van der Waals surface area (Å²) in [6.45, 7) is 2.59. The number of rotatable bonds is 6. The van der Waals surface area contributed by atoms with Gasteiger partial charge in [-0.2, -0.15) is 0 Å². The van der Waals surface area contributed by atoms with Crippen LogP contribution in [0.15, 0.2) is 40.8 Å². The third kappa shape index (κ3) is 3.20. The molecule has 1 aromatic carbocycles. The molecule has 1 aliphatic rings. The Morgan fingerprint density at radius 3 is 2.64 bits per heavy atom. The predicted octanol–water partition coefficient (Wildman–Crippen LogP) is 2.86. The van der Waals surface area contributed by atoms with E-state index in [4.69, 9.17) is 10.2 Å². The Morgan fingerprint density at radius 1 is 1.36 bits per heavy atom. The molecule has 0 aliphatic heterocycles. The maximum Gasteiger partial charge on any atom is 0.239 e. The fourth-order valence-corrected chi connectivity index (χ4v) is 2.65. The van der Waals surface area contributed by atoms with E-state index in [1.54, 1.807) is 12.1 Å². The Bertz CT molecular complexity index is 666. The van der Waals surface area contributed by atoms with E-state index in [1.807, 2.05) is 12.1 Å². The second-order valence-electron chi connectivity index (χ2n) is 5.89. The van der Waals surface area contributed by atoms with E-state index in [-0.39, 0.29) is 5.82 Å². The number of carbonyl (C=O) groups is 1. The van der Waals surface area contributed by atoms with Crippen molar-refractivity contribution >= 4 is 5.91 Å². The van der Waals surface area contributed by atoms with Crippen LogP contribution in [-0.4, -0.2) is 5.91 Å². The summed E-state index contributed by atoms with van der Waals surface area (Å²) in [6.07, 6.45) is 1.17. The molecule has 1 aromatic heterocycles. The second kappa shape index (κ2) is 5.93. The van der Waals surface area contributed by atoms with E-state index < -0.39 is 11.9 Å². The molecule has 0 spiro atoms. The summed E-state index contributed by atoms with van der Waals surface area (Å²) in [6, 6.07) is 8.96. The summed E-state index contributed by atoms with van der Waals surface area (Å²) in [5.74, 6) is 2.13. The van der Waals surface area contributed by atoms with Gasteiger partial charge < -0.3 is 10.2 Å². The van der Waals surface area contributed by atoms with Gasteiger partial charge in [-0.3, -0.25) is 10.1 Å². The zero-order chi connectivity index (χ0) is 15.7. The van der Waals surface area contributed by atoms with Gasteiger partial charge in [0, 0.05) is 5.92 Å². The highest BCUT2D eigenvalue weighted by molar-refractivity contribution is 5.81. The minimum absolute atomic E-state index is 0.346. The molecule has 0 radical (unpaired) electrons. The number of hydrogen-bond acceptors (Lipinski definition) is 3. The number of halogens is 1. The van der Waals surface area contributed by atoms with Gasteiger partial charge in [0.1, 0.15) is 23.4 Å². The van der Waals surface area contributed by atoms with Crippen LogP contribution < -0.4 is 11.1 Å². The van der Waals surface area contributed by atoms with Crippen LogP contribution in [0, 0.1) is 11.7 Å².